The second kappa shape index (κ2) is 4.72. The summed E-state index contributed by atoms with van der Waals surface area (Å²) in [6.07, 6.45) is 0.728. The standard InChI is InChI=1S/C9H8O2S/c10-6-7-12-9(11)8-4-2-1-3-5-8/h1-6H,7H2. The predicted octanol–water partition coefficient (Wildman–Crippen LogP) is 1.76. The molecule has 2 nitrogen and oxygen atoms in total. The van der Waals surface area contributed by atoms with Gasteiger partial charge in [-0.05, 0) is 0 Å². The van der Waals surface area contributed by atoms with Gasteiger partial charge >= 0.3 is 0 Å². The van der Waals surface area contributed by atoms with E-state index in [1.165, 1.54) is 0 Å². The summed E-state index contributed by atoms with van der Waals surface area (Å²) in [5.74, 6) is 0.230. The molecule has 0 aliphatic heterocycles. The molecule has 0 saturated heterocycles. The first-order valence-corrected chi connectivity index (χ1v) is 4.49. The number of hydrogen-bond donors (Lipinski definition) is 0. The van der Waals surface area contributed by atoms with E-state index in [-0.39, 0.29) is 10.9 Å². The van der Waals surface area contributed by atoms with Crippen LogP contribution in [0.15, 0.2) is 30.3 Å². The lowest BCUT2D eigenvalue weighted by Crippen LogP contribution is -1.94. The van der Waals surface area contributed by atoms with Crippen LogP contribution in [0.2, 0.25) is 0 Å². The number of aldehydes is 1. The summed E-state index contributed by atoms with van der Waals surface area (Å²) in [5.41, 5.74) is 0.643. The van der Waals surface area contributed by atoms with E-state index in [0.717, 1.165) is 18.0 Å². The lowest BCUT2D eigenvalue weighted by atomic mass is 10.2. The van der Waals surface area contributed by atoms with Crippen molar-refractivity contribution in [2.24, 2.45) is 0 Å². The minimum Gasteiger partial charge on any atom is -0.302 e. The molecular weight excluding hydrogens is 172 g/mol. The third kappa shape index (κ3) is 2.51. The summed E-state index contributed by atoms with van der Waals surface area (Å²) < 4.78 is 0. The normalized spacial score (nSPS) is 9.33. The van der Waals surface area contributed by atoms with Crippen LogP contribution in [0.3, 0.4) is 0 Å². The summed E-state index contributed by atoms with van der Waals surface area (Å²) >= 11 is 1.02. The molecule has 0 fully saturated rings. The van der Waals surface area contributed by atoms with Crippen molar-refractivity contribution in [2.45, 2.75) is 0 Å². The maximum Gasteiger partial charge on any atom is 0.219 e. The predicted molar refractivity (Wildman–Crippen MR) is 49.3 cm³/mol. The minimum absolute atomic E-state index is 0.0531. The zero-order valence-electron chi connectivity index (χ0n) is 6.40. The molecule has 0 unspecified atom stereocenters. The molecule has 0 aromatic heterocycles. The Hall–Kier alpha value is -1.09. The van der Waals surface area contributed by atoms with E-state index in [1.54, 1.807) is 24.3 Å². The Morgan fingerprint density at radius 3 is 2.58 bits per heavy atom. The SMILES string of the molecule is O=CCSC(=O)c1ccccc1. The fourth-order valence-corrected chi connectivity index (χ4v) is 1.29. The Morgan fingerprint density at radius 1 is 1.33 bits per heavy atom. The molecule has 12 heavy (non-hydrogen) atoms. The van der Waals surface area contributed by atoms with Crippen molar-refractivity contribution in [1.82, 2.24) is 0 Å². The largest absolute Gasteiger partial charge is 0.302 e. The Bertz CT molecular complexity index is 269. The van der Waals surface area contributed by atoms with Gasteiger partial charge in [-0.2, -0.15) is 0 Å². The van der Waals surface area contributed by atoms with Gasteiger partial charge in [-0.3, -0.25) is 4.79 Å². The van der Waals surface area contributed by atoms with Gasteiger partial charge in [0.25, 0.3) is 0 Å². The summed E-state index contributed by atoms with van der Waals surface area (Å²) in [6, 6.07) is 8.92. The third-order valence-electron chi connectivity index (χ3n) is 1.29. The second-order valence-electron chi connectivity index (χ2n) is 2.13. The Labute approximate surface area is 75.0 Å². The average molecular weight is 180 g/mol. The van der Waals surface area contributed by atoms with Crippen molar-refractivity contribution < 1.29 is 9.59 Å². The number of carbonyl (C=O) groups is 2. The zero-order valence-corrected chi connectivity index (χ0v) is 7.21. The van der Waals surface area contributed by atoms with E-state index in [4.69, 9.17) is 0 Å². The molecule has 0 aliphatic carbocycles. The lowest BCUT2D eigenvalue weighted by Gasteiger charge is -1.95. The van der Waals surface area contributed by atoms with Crippen LogP contribution in [0.25, 0.3) is 0 Å². The van der Waals surface area contributed by atoms with Crippen LogP contribution in [0, 0.1) is 0 Å². The van der Waals surface area contributed by atoms with Gasteiger partial charge in [0.1, 0.15) is 6.29 Å². The molecule has 0 radical (unpaired) electrons. The maximum absolute atomic E-state index is 11.2. The van der Waals surface area contributed by atoms with E-state index in [9.17, 15) is 9.59 Å². The summed E-state index contributed by atoms with van der Waals surface area (Å²) in [5, 5.41) is -0.0531. The van der Waals surface area contributed by atoms with Crippen molar-refractivity contribution in [1.29, 1.82) is 0 Å². The first-order valence-electron chi connectivity index (χ1n) is 3.50. The van der Waals surface area contributed by atoms with Crippen LogP contribution in [0.4, 0.5) is 0 Å². The fourth-order valence-electron chi connectivity index (χ4n) is 0.767. The monoisotopic (exact) mass is 180 g/mol. The van der Waals surface area contributed by atoms with Gasteiger partial charge in [0, 0.05) is 5.56 Å². The Kier molecular flexibility index (Phi) is 3.54. The van der Waals surface area contributed by atoms with E-state index >= 15 is 0 Å². The van der Waals surface area contributed by atoms with Gasteiger partial charge in [-0.25, -0.2) is 0 Å². The smallest absolute Gasteiger partial charge is 0.219 e. The highest BCUT2D eigenvalue weighted by molar-refractivity contribution is 8.14. The van der Waals surface area contributed by atoms with E-state index in [2.05, 4.69) is 0 Å². The van der Waals surface area contributed by atoms with Gasteiger partial charge in [0.2, 0.25) is 5.12 Å². The highest BCUT2D eigenvalue weighted by atomic mass is 32.2. The molecule has 1 rings (SSSR count). The van der Waals surface area contributed by atoms with Gasteiger partial charge in [0.15, 0.2) is 0 Å². The molecule has 0 saturated carbocycles. The summed E-state index contributed by atoms with van der Waals surface area (Å²) in [6.45, 7) is 0. The molecule has 1 aromatic carbocycles. The Balaban J connectivity index is 2.59. The van der Waals surface area contributed by atoms with Crippen LogP contribution in [0.1, 0.15) is 10.4 Å². The van der Waals surface area contributed by atoms with Crippen LogP contribution >= 0.6 is 11.8 Å². The van der Waals surface area contributed by atoms with Gasteiger partial charge in [-0.1, -0.05) is 42.1 Å². The Morgan fingerprint density at radius 2 is 2.00 bits per heavy atom. The number of benzene rings is 1. The number of hydrogen-bond acceptors (Lipinski definition) is 3. The average Bonchev–Trinajstić information content (AvgIpc) is 2.15. The van der Waals surface area contributed by atoms with E-state index < -0.39 is 0 Å². The lowest BCUT2D eigenvalue weighted by molar-refractivity contribution is -0.105. The highest BCUT2D eigenvalue weighted by Gasteiger charge is 2.03. The van der Waals surface area contributed by atoms with Crippen molar-refractivity contribution in [2.75, 3.05) is 5.75 Å². The van der Waals surface area contributed by atoms with E-state index in [1.807, 2.05) is 6.07 Å². The summed E-state index contributed by atoms with van der Waals surface area (Å²) in [7, 11) is 0. The molecule has 3 heteroatoms. The first kappa shape index (κ1) is 9.00. The number of carbonyl (C=O) groups excluding carboxylic acids is 2. The van der Waals surface area contributed by atoms with Crippen LogP contribution in [0.5, 0.6) is 0 Å². The molecule has 62 valence electrons. The van der Waals surface area contributed by atoms with Crippen LogP contribution < -0.4 is 0 Å². The molecule has 0 heterocycles. The van der Waals surface area contributed by atoms with Crippen LogP contribution in [-0.4, -0.2) is 17.2 Å². The quantitative estimate of drug-likeness (QED) is 0.665. The fraction of sp³-hybridized carbons (Fsp3) is 0.111. The van der Waals surface area contributed by atoms with Crippen molar-refractivity contribution >= 4 is 23.2 Å². The molecule has 0 spiro atoms. The molecule has 0 N–H and O–H groups in total. The highest BCUT2D eigenvalue weighted by Crippen LogP contribution is 2.10. The molecule has 0 atom stereocenters. The van der Waals surface area contributed by atoms with Gasteiger partial charge in [-0.15, -0.1) is 0 Å². The molecule has 0 aliphatic rings. The summed E-state index contributed by atoms with van der Waals surface area (Å²) in [4.78, 5) is 21.2. The van der Waals surface area contributed by atoms with Crippen molar-refractivity contribution in [3.05, 3.63) is 35.9 Å². The number of rotatable bonds is 3. The topological polar surface area (TPSA) is 34.1 Å². The van der Waals surface area contributed by atoms with Crippen molar-refractivity contribution in [3.8, 4) is 0 Å². The second-order valence-corrected chi connectivity index (χ2v) is 3.12. The van der Waals surface area contributed by atoms with Gasteiger partial charge < -0.3 is 4.79 Å². The molecular formula is C9H8O2S. The number of thioether (sulfide) groups is 1. The zero-order chi connectivity index (χ0) is 8.81. The maximum atomic E-state index is 11.2. The van der Waals surface area contributed by atoms with Crippen molar-refractivity contribution in [3.63, 3.8) is 0 Å². The minimum atomic E-state index is -0.0531. The van der Waals surface area contributed by atoms with E-state index in [0.29, 0.717) is 5.56 Å². The van der Waals surface area contributed by atoms with Crippen LogP contribution in [-0.2, 0) is 4.79 Å². The molecule has 0 bridgehead atoms. The van der Waals surface area contributed by atoms with Gasteiger partial charge in [0.05, 0.1) is 5.75 Å². The first-order chi connectivity index (χ1) is 5.84. The molecule has 0 amide bonds. The molecule has 1 aromatic rings. The third-order valence-corrected chi connectivity index (χ3v) is 2.09.